The van der Waals surface area contributed by atoms with E-state index in [-0.39, 0.29) is 11.9 Å². The summed E-state index contributed by atoms with van der Waals surface area (Å²) in [5, 5.41) is 5.98. The van der Waals surface area contributed by atoms with Crippen LogP contribution in [0.25, 0.3) is 0 Å². The van der Waals surface area contributed by atoms with E-state index in [1.165, 1.54) is 17.5 Å². The van der Waals surface area contributed by atoms with Gasteiger partial charge in [-0.05, 0) is 24.5 Å². The molecule has 2 N–H and O–H groups in total. The zero-order chi connectivity index (χ0) is 13.4. The summed E-state index contributed by atoms with van der Waals surface area (Å²) < 4.78 is 0. The van der Waals surface area contributed by atoms with Crippen LogP contribution in [0.2, 0.25) is 0 Å². The van der Waals surface area contributed by atoms with E-state index in [0.717, 1.165) is 6.42 Å². The Balaban J connectivity index is 2.41. The van der Waals surface area contributed by atoms with E-state index in [1.54, 1.807) is 7.05 Å². The molecule has 1 unspecified atom stereocenters. The highest BCUT2D eigenvalue weighted by atomic mass is 16.1. The van der Waals surface area contributed by atoms with E-state index < -0.39 is 0 Å². The minimum atomic E-state index is 0.0768. The number of carbonyl (C=O) groups is 1. The summed E-state index contributed by atoms with van der Waals surface area (Å²) in [7, 11) is 1.66. The number of hydrogen-bond acceptors (Lipinski definition) is 2. The van der Waals surface area contributed by atoms with Gasteiger partial charge in [0.25, 0.3) is 0 Å². The van der Waals surface area contributed by atoms with Gasteiger partial charge in [0.1, 0.15) is 0 Å². The number of rotatable bonds is 7. The van der Waals surface area contributed by atoms with E-state index >= 15 is 0 Å². The van der Waals surface area contributed by atoms with Crippen LogP contribution in [-0.4, -0.2) is 19.5 Å². The summed E-state index contributed by atoms with van der Waals surface area (Å²) in [5.41, 5.74) is 2.66. The van der Waals surface area contributed by atoms with Crippen LogP contribution in [0.4, 0.5) is 0 Å². The van der Waals surface area contributed by atoms with Crippen LogP contribution in [-0.2, 0) is 11.2 Å². The van der Waals surface area contributed by atoms with Gasteiger partial charge in [0, 0.05) is 26.1 Å². The summed E-state index contributed by atoms with van der Waals surface area (Å²) in [5.74, 6) is 0.0768. The van der Waals surface area contributed by atoms with Gasteiger partial charge in [0.15, 0.2) is 0 Å². The SMILES string of the molecule is CCCc1ccc(C(C)NCCC(=O)NC)cc1. The van der Waals surface area contributed by atoms with Crippen molar-refractivity contribution in [2.24, 2.45) is 0 Å². The van der Waals surface area contributed by atoms with Crippen molar-refractivity contribution in [3.05, 3.63) is 35.4 Å². The number of amides is 1. The molecule has 0 heterocycles. The molecule has 0 aliphatic carbocycles. The van der Waals surface area contributed by atoms with Crippen molar-refractivity contribution in [1.29, 1.82) is 0 Å². The third-order valence-electron chi connectivity index (χ3n) is 3.10. The normalized spacial score (nSPS) is 12.2. The summed E-state index contributed by atoms with van der Waals surface area (Å²) in [4.78, 5) is 11.1. The molecule has 100 valence electrons. The quantitative estimate of drug-likeness (QED) is 0.778. The highest BCUT2D eigenvalue weighted by Gasteiger charge is 2.05. The number of aryl methyl sites for hydroxylation is 1. The first kappa shape index (κ1) is 14.7. The number of nitrogens with one attached hydrogen (secondary N) is 2. The van der Waals surface area contributed by atoms with Crippen LogP contribution in [0.5, 0.6) is 0 Å². The van der Waals surface area contributed by atoms with E-state index in [0.29, 0.717) is 13.0 Å². The lowest BCUT2D eigenvalue weighted by atomic mass is 10.0. The van der Waals surface area contributed by atoms with Gasteiger partial charge in [-0.3, -0.25) is 4.79 Å². The van der Waals surface area contributed by atoms with Crippen LogP contribution in [0.1, 0.15) is 43.9 Å². The van der Waals surface area contributed by atoms with Crippen molar-refractivity contribution in [1.82, 2.24) is 10.6 Å². The minimum Gasteiger partial charge on any atom is -0.359 e. The molecule has 3 nitrogen and oxygen atoms in total. The van der Waals surface area contributed by atoms with Crippen molar-refractivity contribution in [3.8, 4) is 0 Å². The van der Waals surface area contributed by atoms with E-state index in [4.69, 9.17) is 0 Å². The molecule has 0 saturated carbocycles. The number of hydrogen-bond donors (Lipinski definition) is 2. The minimum absolute atomic E-state index is 0.0768. The third kappa shape index (κ3) is 4.88. The lowest BCUT2D eigenvalue weighted by molar-refractivity contribution is -0.120. The zero-order valence-electron chi connectivity index (χ0n) is 11.6. The second kappa shape index (κ2) is 7.88. The van der Waals surface area contributed by atoms with Crippen LogP contribution in [0, 0.1) is 0 Å². The lowest BCUT2D eigenvalue weighted by Crippen LogP contribution is -2.26. The third-order valence-corrected chi connectivity index (χ3v) is 3.10. The van der Waals surface area contributed by atoms with Gasteiger partial charge in [-0.25, -0.2) is 0 Å². The fourth-order valence-electron chi connectivity index (χ4n) is 1.91. The molecule has 0 saturated heterocycles. The van der Waals surface area contributed by atoms with Gasteiger partial charge >= 0.3 is 0 Å². The summed E-state index contributed by atoms with van der Waals surface area (Å²) in [6.07, 6.45) is 2.84. The Labute approximate surface area is 110 Å². The predicted molar refractivity (Wildman–Crippen MR) is 75.5 cm³/mol. The maximum atomic E-state index is 11.1. The highest BCUT2D eigenvalue weighted by molar-refractivity contribution is 5.75. The second-order valence-electron chi connectivity index (χ2n) is 4.59. The maximum Gasteiger partial charge on any atom is 0.221 e. The molecule has 0 aliphatic rings. The van der Waals surface area contributed by atoms with Gasteiger partial charge in [-0.1, -0.05) is 37.6 Å². The molecular weight excluding hydrogens is 224 g/mol. The molecule has 1 aromatic rings. The molecular formula is C15H24N2O. The second-order valence-corrected chi connectivity index (χ2v) is 4.59. The van der Waals surface area contributed by atoms with Crippen LogP contribution in [0.15, 0.2) is 24.3 Å². The van der Waals surface area contributed by atoms with Crippen molar-refractivity contribution in [3.63, 3.8) is 0 Å². The Kier molecular flexibility index (Phi) is 6.44. The van der Waals surface area contributed by atoms with Crippen LogP contribution >= 0.6 is 0 Å². The van der Waals surface area contributed by atoms with Crippen molar-refractivity contribution >= 4 is 5.91 Å². The number of carbonyl (C=O) groups excluding carboxylic acids is 1. The molecule has 0 fully saturated rings. The largest absolute Gasteiger partial charge is 0.359 e. The Bertz CT molecular complexity index is 359. The zero-order valence-corrected chi connectivity index (χ0v) is 11.6. The summed E-state index contributed by atoms with van der Waals surface area (Å²) in [6.45, 7) is 5.02. The van der Waals surface area contributed by atoms with Gasteiger partial charge in [0.05, 0.1) is 0 Å². The van der Waals surface area contributed by atoms with Crippen molar-refractivity contribution in [2.45, 2.75) is 39.2 Å². The van der Waals surface area contributed by atoms with Gasteiger partial charge in [-0.2, -0.15) is 0 Å². The first-order valence-electron chi connectivity index (χ1n) is 6.70. The molecule has 1 aromatic carbocycles. The summed E-state index contributed by atoms with van der Waals surface area (Å²) >= 11 is 0. The molecule has 0 spiro atoms. The van der Waals surface area contributed by atoms with Crippen molar-refractivity contribution < 1.29 is 4.79 Å². The monoisotopic (exact) mass is 248 g/mol. The molecule has 0 aliphatic heterocycles. The highest BCUT2D eigenvalue weighted by Crippen LogP contribution is 2.14. The van der Waals surface area contributed by atoms with Gasteiger partial charge in [0.2, 0.25) is 5.91 Å². The van der Waals surface area contributed by atoms with E-state index in [1.807, 2.05) is 0 Å². The fraction of sp³-hybridized carbons (Fsp3) is 0.533. The molecule has 0 radical (unpaired) electrons. The molecule has 1 rings (SSSR count). The van der Waals surface area contributed by atoms with Crippen LogP contribution < -0.4 is 10.6 Å². The topological polar surface area (TPSA) is 41.1 Å². The molecule has 0 bridgehead atoms. The van der Waals surface area contributed by atoms with Crippen LogP contribution in [0.3, 0.4) is 0 Å². The van der Waals surface area contributed by atoms with Gasteiger partial charge < -0.3 is 10.6 Å². The average molecular weight is 248 g/mol. The standard InChI is InChI=1S/C15H24N2O/c1-4-5-13-6-8-14(9-7-13)12(2)17-11-10-15(18)16-3/h6-9,12,17H,4-5,10-11H2,1-3H3,(H,16,18). The lowest BCUT2D eigenvalue weighted by Gasteiger charge is -2.14. The Morgan fingerprint density at radius 3 is 2.50 bits per heavy atom. The van der Waals surface area contributed by atoms with E-state index in [9.17, 15) is 4.79 Å². The smallest absolute Gasteiger partial charge is 0.221 e. The van der Waals surface area contributed by atoms with Gasteiger partial charge in [-0.15, -0.1) is 0 Å². The van der Waals surface area contributed by atoms with Crippen molar-refractivity contribution in [2.75, 3.05) is 13.6 Å². The predicted octanol–water partition coefficient (Wildman–Crippen LogP) is 2.43. The molecule has 0 aromatic heterocycles. The Morgan fingerprint density at radius 1 is 1.28 bits per heavy atom. The maximum absolute atomic E-state index is 11.1. The molecule has 3 heteroatoms. The molecule has 1 atom stereocenters. The first-order chi connectivity index (χ1) is 8.67. The molecule has 18 heavy (non-hydrogen) atoms. The first-order valence-corrected chi connectivity index (χ1v) is 6.70. The Hall–Kier alpha value is -1.35. The summed E-state index contributed by atoms with van der Waals surface area (Å²) in [6, 6.07) is 9.00. The number of benzene rings is 1. The fourth-order valence-corrected chi connectivity index (χ4v) is 1.91. The Morgan fingerprint density at radius 2 is 1.94 bits per heavy atom. The van der Waals surface area contributed by atoms with E-state index in [2.05, 4.69) is 48.7 Å². The average Bonchev–Trinajstić information content (AvgIpc) is 2.39. The molecule has 1 amide bonds.